The molecule has 1 aromatic rings. The molecule has 1 heterocycles. The first-order chi connectivity index (χ1) is 7.74. The van der Waals surface area contributed by atoms with Crippen LogP contribution in [0.2, 0.25) is 17.6 Å². The van der Waals surface area contributed by atoms with Gasteiger partial charge in [-0.15, -0.1) is 0 Å². The molecule has 0 spiro atoms. The van der Waals surface area contributed by atoms with Crippen LogP contribution in [0.4, 0.5) is 0 Å². The highest BCUT2D eigenvalue weighted by atomic mass is 35.5. The van der Waals surface area contributed by atoms with E-state index in [2.05, 4.69) is 13.1 Å². The van der Waals surface area contributed by atoms with Crippen molar-refractivity contribution in [2.24, 2.45) is 0 Å². The van der Waals surface area contributed by atoms with Crippen molar-refractivity contribution >= 4 is 26.7 Å². The summed E-state index contributed by atoms with van der Waals surface area (Å²) in [5.74, 6) is 0. The molecule has 1 nitrogen and oxygen atoms in total. The molecule has 1 aliphatic rings. The summed E-state index contributed by atoms with van der Waals surface area (Å²) in [6.45, 7) is 6.93. The van der Waals surface area contributed by atoms with E-state index in [1.807, 2.05) is 24.3 Å². The van der Waals surface area contributed by atoms with Crippen LogP contribution < -0.4 is 0 Å². The maximum Gasteiger partial charge on any atom is 0.173 e. The fourth-order valence-electron chi connectivity index (χ4n) is 1.54. The van der Waals surface area contributed by atoms with E-state index < -0.39 is 9.04 Å². The molecule has 1 atom stereocenters. The SMILES string of the molecule is C=Cc1ccccc1Cl.C[SiH]1CCCCO1. The molecule has 16 heavy (non-hydrogen) atoms. The number of benzene rings is 1. The molecule has 0 aromatic heterocycles. The Kier molecular flexibility index (Phi) is 6.46. The fraction of sp³-hybridized carbons (Fsp3) is 0.385. The molecule has 0 aliphatic carbocycles. The first-order valence-corrected chi connectivity index (χ1v) is 8.54. The smallest absolute Gasteiger partial charge is 0.173 e. The van der Waals surface area contributed by atoms with Crippen molar-refractivity contribution in [2.75, 3.05) is 6.61 Å². The molecule has 0 radical (unpaired) electrons. The van der Waals surface area contributed by atoms with Crippen LogP contribution in [0.25, 0.3) is 6.08 Å². The predicted molar refractivity (Wildman–Crippen MR) is 74.5 cm³/mol. The van der Waals surface area contributed by atoms with Gasteiger partial charge in [-0.1, -0.05) is 48.9 Å². The highest BCUT2D eigenvalue weighted by Crippen LogP contribution is 2.14. The van der Waals surface area contributed by atoms with Crippen LogP contribution in [0.1, 0.15) is 18.4 Å². The molecule has 0 bridgehead atoms. The van der Waals surface area contributed by atoms with Crippen molar-refractivity contribution < 1.29 is 4.43 Å². The van der Waals surface area contributed by atoms with E-state index in [0.717, 1.165) is 17.2 Å². The maximum atomic E-state index is 5.75. The summed E-state index contributed by atoms with van der Waals surface area (Å²) in [6.07, 6.45) is 4.47. The summed E-state index contributed by atoms with van der Waals surface area (Å²) < 4.78 is 5.42. The number of hydrogen-bond acceptors (Lipinski definition) is 1. The highest BCUT2D eigenvalue weighted by molar-refractivity contribution is 6.50. The number of halogens is 1. The summed E-state index contributed by atoms with van der Waals surface area (Å²) in [7, 11) is -0.595. The van der Waals surface area contributed by atoms with Gasteiger partial charge in [-0.25, -0.2) is 0 Å². The Bertz CT molecular complexity index is 321. The second kappa shape index (κ2) is 7.66. The molecule has 0 saturated carbocycles. The Morgan fingerprint density at radius 3 is 2.50 bits per heavy atom. The summed E-state index contributed by atoms with van der Waals surface area (Å²) in [5.41, 5.74) is 0.985. The molecule has 0 N–H and O–H groups in total. The first kappa shape index (κ1) is 13.5. The molecule has 0 amide bonds. The Labute approximate surface area is 105 Å². The minimum Gasteiger partial charge on any atom is -0.420 e. The van der Waals surface area contributed by atoms with E-state index in [4.69, 9.17) is 16.0 Å². The zero-order chi connectivity index (χ0) is 11.8. The maximum absolute atomic E-state index is 5.75. The van der Waals surface area contributed by atoms with Crippen LogP contribution in [0.3, 0.4) is 0 Å². The zero-order valence-electron chi connectivity index (χ0n) is 9.79. The molecule has 1 saturated heterocycles. The topological polar surface area (TPSA) is 9.23 Å². The predicted octanol–water partition coefficient (Wildman–Crippen LogP) is 4.13. The second-order valence-electron chi connectivity index (χ2n) is 3.90. The first-order valence-electron chi connectivity index (χ1n) is 5.72. The zero-order valence-corrected chi connectivity index (χ0v) is 11.7. The Balaban J connectivity index is 0.000000165. The van der Waals surface area contributed by atoms with Gasteiger partial charge in [0, 0.05) is 11.6 Å². The monoisotopic (exact) mass is 254 g/mol. The summed E-state index contributed by atoms with van der Waals surface area (Å²) in [4.78, 5) is 0. The van der Waals surface area contributed by atoms with E-state index in [0.29, 0.717) is 0 Å². The van der Waals surface area contributed by atoms with Gasteiger partial charge in [0.05, 0.1) is 0 Å². The second-order valence-corrected chi connectivity index (χ2v) is 6.84. The van der Waals surface area contributed by atoms with E-state index in [9.17, 15) is 0 Å². The number of hydrogen-bond donors (Lipinski definition) is 0. The third-order valence-electron chi connectivity index (χ3n) is 2.53. The molecule has 2 rings (SSSR count). The lowest BCUT2D eigenvalue weighted by atomic mass is 10.2. The lowest BCUT2D eigenvalue weighted by Crippen LogP contribution is -2.18. The van der Waals surface area contributed by atoms with Crippen molar-refractivity contribution in [2.45, 2.75) is 25.4 Å². The average Bonchev–Trinajstić information content (AvgIpc) is 2.31. The van der Waals surface area contributed by atoms with Gasteiger partial charge >= 0.3 is 0 Å². The molecular formula is C13H19ClOSi. The number of rotatable bonds is 1. The highest BCUT2D eigenvalue weighted by Gasteiger charge is 2.08. The lowest BCUT2D eigenvalue weighted by Gasteiger charge is -2.16. The van der Waals surface area contributed by atoms with Crippen LogP contribution >= 0.6 is 11.6 Å². The van der Waals surface area contributed by atoms with Crippen LogP contribution in [0, 0.1) is 0 Å². The molecule has 1 aromatic carbocycles. The minimum atomic E-state index is -0.595. The average molecular weight is 255 g/mol. The molecular weight excluding hydrogens is 236 g/mol. The largest absolute Gasteiger partial charge is 0.420 e. The molecule has 1 fully saturated rings. The van der Waals surface area contributed by atoms with Crippen molar-refractivity contribution in [3.05, 3.63) is 41.4 Å². The molecule has 88 valence electrons. The van der Waals surface area contributed by atoms with Gasteiger partial charge in [-0.3, -0.25) is 0 Å². The molecule has 1 aliphatic heterocycles. The van der Waals surface area contributed by atoms with Crippen LogP contribution in [0.15, 0.2) is 30.8 Å². The van der Waals surface area contributed by atoms with Crippen LogP contribution in [-0.2, 0) is 4.43 Å². The van der Waals surface area contributed by atoms with E-state index in [-0.39, 0.29) is 0 Å². The van der Waals surface area contributed by atoms with Gasteiger partial charge < -0.3 is 4.43 Å². The quantitative estimate of drug-likeness (QED) is 0.685. The van der Waals surface area contributed by atoms with Gasteiger partial charge in [-0.05, 0) is 30.6 Å². The van der Waals surface area contributed by atoms with Crippen molar-refractivity contribution in [1.29, 1.82) is 0 Å². The Morgan fingerprint density at radius 2 is 2.12 bits per heavy atom. The third-order valence-corrected chi connectivity index (χ3v) is 4.90. The fourth-order valence-corrected chi connectivity index (χ4v) is 3.35. The van der Waals surface area contributed by atoms with Crippen molar-refractivity contribution in [3.8, 4) is 0 Å². The summed E-state index contributed by atoms with van der Waals surface area (Å²) in [5, 5.41) is 0.757. The van der Waals surface area contributed by atoms with E-state index >= 15 is 0 Å². The summed E-state index contributed by atoms with van der Waals surface area (Å²) in [6, 6.07) is 9.01. The van der Waals surface area contributed by atoms with Crippen LogP contribution in [0.5, 0.6) is 0 Å². The third kappa shape index (κ3) is 4.97. The van der Waals surface area contributed by atoms with E-state index in [1.54, 1.807) is 6.08 Å². The molecule has 1 unspecified atom stereocenters. The molecule has 3 heteroatoms. The van der Waals surface area contributed by atoms with Gasteiger partial charge in [0.15, 0.2) is 9.04 Å². The van der Waals surface area contributed by atoms with Crippen LogP contribution in [-0.4, -0.2) is 15.6 Å². The summed E-state index contributed by atoms with van der Waals surface area (Å²) >= 11 is 5.75. The Morgan fingerprint density at radius 1 is 1.38 bits per heavy atom. The van der Waals surface area contributed by atoms with Gasteiger partial charge in [0.25, 0.3) is 0 Å². The van der Waals surface area contributed by atoms with Gasteiger partial charge in [0.1, 0.15) is 0 Å². The van der Waals surface area contributed by atoms with Gasteiger partial charge in [0.2, 0.25) is 0 Å². The van der Waals surface area contributed by atoms with Crippen molar-refractivity contribution in [3.63, 3.8) is 0 Å². The lowest BCUT2D eigenvalue weighted by molar-refractivity contribution is 0.291. The Hall–Kier alpha value is -0.573. The normalized spacial score (nSPS) is 19.5. The van der Waals surface area contributed by atoms with Gasteiger partial charge in [-0.2, -0.15) is 0 Å². The van der Waals surface area contributed by atoms with Crippen molar-refractivity contribution in [1.82, 2.24) is 0 Å². The minimum absolute atomic E-state index is 0.595. The van der Waals surface area contributed by atoms with E-state index in [1.165, 1.54) is 18.9 Å². The standard InChI is InChI=1S/C8H7Cl.C5H12OSi/c1-2-7-5-3-4-6-8(7)9;1-7-5-3-2-4-6-7/h2-6H,1H2;7H,2-5H2,1H3.